The third-order valence-electron chi connectivity index (χ3n) is 5.14. The van der Waals surface area contributed by atoms with Gasteiger partial charge in [0.25, 0.3) is 0 Å². The lowest BCUT2D eigenvalue weighted by Gasteiger charge is -2.32. The second kappa shape index (κ2) is 8.99. The third-order valence-corrected chi connectivity index (χ3v) is 5.14. The van der Waals surface area contributed by atoms with Crippen molar-refractivity contribution in [2.24, 2.45) is 13.0 Å². The maximum absolute atomic E-state index is 13.1. The van der Waals surface area contributed by atoms with Crippen LogP contribution >= 0.6 is 0 Å². The van der Waals surface area contributed by atoms with E-state index in [2.05, 4.69) is 15.1 Å². The molecule has 11 heteroatoms. The van der Waals surface area contributed by atoms with Crippen LogP contribution in [0.3, 0.4) is 0 Å². The van der Waals surface area contributed by atoms with Crippen LogP contribution in [0.2, 0.25) is 0 Å². The van der Waals surface area contributed by atoms with Gasteiger partial charge in [-0.05, 0) is 31.7 Å². The first-order valence-corrected chi connectivity index (χ1v) is 9.65. The fourth-order valence-electron chi connectivity index (χ4n) is 3.50. The monoisotopic (exact) mass is 427 g/mol. The molecule has 0 saturated carbocycles. The highest BCUT2D eigenvalue weighted by Crippen LogP contribution is 2.35. The summed E-state index contributed by atoms with van der Waals surface area (Å²) < 4.78 is 45.6. The van der Waals surface area contributed by atoms with Gasteiger partial charge in [-0.15, -0.1) is 0 Å². The van der Waals surface area contributed by atoms with Gasteiger partial charge in [0, 0.05) is 40.1 Å². The first-order valence-electron chi connectivity index (χ1n) is 9.65. The number of aromatic nitrogens is 4. The SMILES string of the molecule is COCCCc1cnc(-c2cc(C(F)(F)F)nn2C)c(N2CCC(C(=O)O)CC2)n1. The molecule has 0 atom stereocenters. The van der Waals surface area contributed by atoms with Crippen LogP contribution < -0.4 is 4.90 Å². The molecular formula is C19H24F3N5O3. The lowest BCUT2D eigenvalue weighted by Crippen LogP contribution is -2.37. The average Bonchev–Trinajstić information content (AvgIpc) is 3.10. The fraction of sp³-hybridized carbons (Fsp3) is 0.579. The number of ether oxygens (including phenoxy) is 1. The molecule has 0 unspecified atom stereocenters. The van der Waals surface area contributed by atoms with Crippen molar-refractivity contribution in [1.29, 1.82) is 0 Å². The van der Waals surface area contributed by atoms with Crippen LogP contribution in [0.15, 0.2) is 12.3 Å². The number of methoxy groups -OCH3 is 1. The summed E-state index contributed by atoms with van der Waals surface area (Å²) in [4.78, 5) is 22.2. The van der Waals surface area contributed by atoms with E-state index in [1.807, 2.05) is 4.90 Å². The number of nitrogens with zero attached hydrogens (tertiary/aromatic N) is 5. The maximum Gasteiger partial charge on any atom is 0.435 e. The highest BCUT2D eigenvalue weighted by molar-refractivity contribution is 5.72. The molecule has 30 heavy (non-hydrogen) atoms. The summed E-state index contributed by atoms with van der Waals surface area (Å²) in [7, 11) is 3.03. The molecule has 0 aromatic carbocycles. The van der Waals surface area contributed by atoms with E-state index in [-0.39, 0.29) is 5.69 Å². The topological polar surface area (TPSA) is 93.4 Å². The molecule has 1 aliphatic rings. The summed E-state index contributed by atoms with van der Waals surface area (Å²) in [6.45, 7) is 1.42. The Balaban J connectivity index is 1.96. The Labute approximate surface area is 171 Å². The standard InChI is InChI=1S/C19H24F3N5O3/c1-26-14(10-15(25-26)19(20,21)22)16-17(24-13(11-23-16)4-3-9-30-2)27-7-5-12(6-8-27)18(28)29/h10-12H,3-9H2,1-2H3,(H,28,29). The van der Waals surface area contributed by atoms with Crippen LogP contribution in [0, 0.1) is 5.92 Å². The smallest absolute Gasteiger partial charge is 0.435 e. The van der Waals surface area contributed by atoms with Crippen molar-refractivity contribution in [3.63, 3.8) is 0 Å². The van der Waals surface area contributed by atoms with Gasteiger partial charge in [-0.3, -0.25) is 9.48 Å². The molecule has 2 aromatic rings. The Morgan fingerprint density at radius 2 is 2.03 bits per heavy atom. The number of carboxylic acids is 1. The summed E-state index contributed by atoms with van der Waals surface area (Å²) in [5, 5.41) is 12.8. The Morgan fingerprint density at radius 1 is 1.33 bits per heavy atom. The number of halogens is 3. The van der Waals surface area contributed by atoms with E-state index in [1.165, 1.54) is 7.05 Å². The van der Waals surface area contributed by atoms with E-state index in [4.69, 9.17) is 4.74 Å². The summed E-state index contributed by atoms with van der Waals surface area (Å²) in [6, 6.07) is 0.960. The Morgan fingerprint density at radius 3 is 2.60 bits per heavy atom. The number of piperidine rings is 1. The van der Waals surface area contributed by atoms with Gasteiger partial charge in [-0.25, -0.2) is 9.97 Å². The van der Waals surface area contributed by atoms with Gasteiger partial charge >= 0.3 is 12.1 Å². The van der Waals surface area contributed by atoms with E-state index in [1.54, 1.807) is 13.3 Å². The average molecular weight is 427 g/mol. The lowest BCUT2D eigenvalue weighted by atomic mass is 9.97. The van der Waals surface area contributed by atoms with E-state index in [0.29, 0.717) is 56.2 Å². The minimum absolute atomic E-state index is 0.202. The van der Waals surface area contributed by atoms with E-state index < -0.39 is 23.8 Å². The molecule has 0 aliphatic carbocycles. The molecule has 3 rings (SSSR count). The van der Waals surface area contributed by atoms with E-state index in [9.17, 15) is 23.1 Å². The highest BCUT2D eigenvalue weighted by Gasteiger charge is 2.36. The largest absolute Gasteiger partial charge is 0.481 e. The normalized spacial score (nSPS) is 15.6. The van der Waals surface area contributed by atoms with Gasteiger partial charge in [0.05, 0.1) is 17.3 Å². The van der Waals surface area contributed by atoms with Crippen molar-refractivity contribution in [3.8, 4) is 11.4 Å². The Bertz CT molecular complexity index is 892. The van der Waals surface area contributed by atoms with Gasteiger partial charge in [0.2, 0.25) is 0 Å². The molecule has 164 valence electrons. The first-order chi connectivity index (χ1) is 14.2. The van der Waals surface area contributed by atoms with E-state index >= 15 is 0 Å². The van der Waals surface area contributed by atoms with Crippen LogP contribution in [-0.2, 0) is 29.2 Å². The highest BCUT2D eigenvalue weighted by atomic mass is 19.4. The molecule has 1 aliphatic heterocycles. The van der Waals surface area contributed by atoms with Crippen molar-refractivity contribution in [2.45, 2.75) is 31.9 Å². The zero-order valence-electron chi connectivity index (χ0n) is 16.8. The molecule has 1 N–H and O–H groups in total. The molecule has 8 nitrogen and oxygen atoms in total. The molecule has 1 saturated heterocycles. The number of aliphatic carboxylic acids is 1. The predicted molar refractivity (Wildman–Crippen MR) is 102 cm³/mol. The summed E-state index contributed by atoms with van der Waals surface area (Å²) in [5.41, 5.74) is 0.198. The van der Waals surface area contributed by atoms with Crippen LogP contribution in [0.4, 0.5) is 19.0 Å². The number of alkyl halides is 3. The lowest BCUT2D eigenvalue weighted by molar-refractivity contribution is -0.142. The van der Waals surface area contributed by atoms with Crippen molar-refractivity contribution in [2.75, 3.05) is 31.7 Å². The second-order valence-electron chi connectivity index (χ2n) is 7.27. The van der Waals surface area contributed by atoms with Crippen LogP contribution in [0.5, 0.6) is 0 Å². The summed E-state index contributed by atoms with van der Waals surface area (Å²) >= 11 is 0. The van der Waals surface area contributed by atoms with Gasteiger partial charge < -0.3 is 14.7 Å². The molecule has 0 radical (unpaired) electrons. The van der Waals surface area contributed by atoms with Gasteiger partial charge in [-0.1, -0.05) is 0 Å². The summed E-state index contributed by atoms with van der Waals surface area (Å²) in [6.07, 6.45) is -0.802. The van der Waals surface area contributed by atoms with Crippen LogP contribution in [0.1, 0.15) is 30.7 Å². The molecule has 2 aromatic heterocycles. The molecule has 3 heterocycles. The zero-order valence-corrected chi connectivity index (χ0v) is 16.8. The minimum Gasteiger partial charge on any atom is -0.481 e. The Kier molecular flexibility index (Phi) is 6.59. The quantitative estimate of drug-likeness (QED) is 0.679. The van der Waals surface area contributed by atoms with Crippen molar-refractivity contribution in [1.82, 2.24) is 19.7 Å². The van der Waals surface area contributed by atoms with Gasteiger partial charge in [0.1, 0.15) is 5.69 Å². The maximum atomic E-state index is 13.1. The Hall–Kier alpha value is -2.69. The molecular weight excluding hydrogens is 403 g/mol. The molecule has 0 bridgehead atoms. The van der Waals surface area contributed by atoms with E-state index in [0.717, 1.165) is 17.2 Å². The van der Waals surface area contributed by atoms with Crippen molar-refractivity contribution in [3.05, 3.63) is 23.7 Å². The number of hydrogen-bond donors (Lipinski definition) is 1. The number of hydrogen-bond acceptors (Lipinski definition) is 6. The van der Waals surface area contributed by atoms with Crippen LogP contribution in [-0.4, -0.2) is 57.6 Å². The van der Waals surface area contributed by atoms with Crippen molar-refractivity contribution >= 4 is 11.8 Å². The number of aryl methyl sites for hydroxylation is 2. The summed E-state index contributed by atoms with van der Waals surface area (Å²) in [5.74, 6) is -0.822. The molecule has 0 amide bonds. The first kappa shape index (κ1) is 22.0. The third kappa shape index (κ3) is 4.89. The number of carboxylic acid groups (broad SMARTS) is 1. The van der Waals surface area contributed by atoms with Gasteiger partial charge in [-0.2, -0.15) is 18.3 Å². The molecule has 1 fully saturated rings. The minimum atomic E-state index is -4.57. The number of rotatable bonds is 7. The van der Waals surface area contributed by atoms with Crippen LogP contribution in [0.25, 0.3) is 11.4 Å². The van der Waals surface area contributed by atoms with Gasteiger partial charge in [0.15, 0.2) is 11.5 Å². The molecule has 0 spiro atoms. The fourth-order valence-corrected chi connectivity index (χ4v) is 3.50. The number of anilines is 1. The second-order valence-corrected chi connectivity index (χ2v) is 7.27. The number of carbonyl (C=O) groups is 1. The predicted octanol–water partition coefficient (Wildman–Crippen LogP) is 2.78. The zero-order chi connectivity index (χ0) is 21.9. The van der Waals surface area contributed by atoms with Crippen molar-refractivity contribution < 1.29 is 27.8 Å².